The van der Waals surface area contributed by atoms with Crippen LogP contribution in [0.15, 0.2) is 30.5 Å². The van der Waals surface area contributed by atoms with Gasteiger partial charge in [-0.25, -0.2) is 0 Å². The number of nitrogens with zero attached hydrogens (tertiary/aromatic N) is 2. The summed E-state index contributed by atoms with van der Waals surface area (Å²) in [6.45, 7) is 2.49. The lowest BCUT2D eigenvalue weighted by Gasteiger charge is -2.17. The molecule has 3 rings (SSSR count). The highest BCUT2D eigenvalue weighted by Gasteiger charge is 2.19. The van der Waals surface area contributed by atoms with Crippen LogP contribution in [0.5, 0.6) is 5.75 Å². The van der Waals surface area contributed by atoms with Gasteiger partial charge in [-0.1, -0.05) is 6.07 Å². The predicted octanol–water partition coefficient (Wildman–Crippen LogP) is 2.51. The van der Waals surface area contributed by atoms with Gasteiger partial charge in [-0.2, -0.15) is 0 Å². The molecule has 0 amide bonds. The number of benzene rings is 1. The van der Waals surface area contributed by atoms with Crippen molar-refractivity contribution in [2.75, 3.05) is 33.9 Å². The number of rotatable bonds is 5. The Hall–Kier alpha value is -1.65. The first kappa shape index (κ1) is 14.3. The first-order chi connectivity index (χ1) is 10.2. The summed E-state index contributed by atoms with van der Waals surface area (Å²) in [5.41, 5.74) is 2.30. The third-order valence-corrected chi connectivity index (χ3v) is 3.82. The minimum atomic E-state index is 0.164. The molecule has 112 valence electrons. The third-order valence-electron chi connectivity index (χ3n) is 3.82. The number of fused-ring (bicyclic) bond motifs is 1. The van der Waals surface area contributed by atoms with Gasteiger partial charge in [0.15, 0.2) is 0 Å². The zero-order valence-electron chi connectivity index (χ0n) is 12.7. The number of hydrogen-bond acceptors (Lipinski definition) is 4. The van der Waals surface area contributed by atoms with Crippen LogP contribution in [0.4, 0.5) is 0 Å². The fourth-order valence-electron chi connectivity index (χ4n) is 2.68. The summed E-state index contributed by atoms with van der Waals surface area (Å²) in [7, 11) is 4.19. The molecule has 0 radical (unpaired) electrons. The summed E-state index contributed by atoms with van der Waals surface area (Å²) >= 11 is 0. The zero-order valence-corrected chi connectivity index (χ0v) is 12.7. The largest absolute Gasteiger partial charge is 0.487 e. The van der Waals surface area contributed by atoms with Crippen molar-refractivity contribution < 1.29 is 9.47 Å². The SMILES string of the molecule is CN(C)CCc1ccnc2cccc(O[C@@H]3CCOC3)c12. The van der Waals surface area contributed by atoms with Crippen molar-refractivity contribution in [1.29, 1.82) is 0 Å². The van der Waals surface area contributed by atoms with Gasteiger partial charge in [-0.3, -0.25) is 4.98 Å². The van der Waals surface area contributed by atoms with Gasteiger partial charge in [0, 0.05) is 24.5 Å². The highest BCUT2D eigenvalue weighted by molar-refractivity contribution is 5.88. The van der Waals surface area contributed by atoms with E-state index in [4.69, 9.17) is 9.47 Å². The van der Waals surface area contributed by atoms with E-state index in [0.29, 0.717) is 6.61 Å². The number of aromatic nitrogens is 1. The van der Waals surface area contributed by atoms with E-state index in [9.17, 15) is 0 Å². The molecule has 0 N–H and O–H groups in total. The van der Waals surface area contributed by atoms with Crippen LogP contribution in [0, 0.1) is 0 Å². The highest BCUT2D eigenvalue weighted by Crippen LogP contribution is 2.30. The second kappa shape index (κ2) is 6.41. The summed E-state index contributed by atoms with van der Waals surface area (Å²) in [4.78, 5) is 6.67. The Morgan fingerprint density at radius 1 is 1.33 bits per heavy atom. The standard InChI is InChI=1S/C17H22N2O2/c1-19(2)10-7-13-6-9-18-15-4-3-5-16(17(13)15)21-14-8-11-20-12-14/h3-6,9,14H,7-8,10-12H2,1-2H3/t14-/m1/s1. The number of likely N-dealkylation sites (N-methyl/N-ethyl adjacent to an activating group) is 1. The van der Waals surface area contributed by atoms with Gasteiger partial charge in [0.2, 0.25) is 0 Å². The zero-order chi connectivity index (χ0) is 14.7. The number of ether oxygens (including phenoxy) is 2. The maximum Gasteiger partial charge on any atom is 0.129 e. The van der Waals surface area contributed by atoms with E-state index in [1.165, 1.54) is 5.56 Å². The molecule has 1 atom stereocenters. The van der Waals surface area contributed by atoms with Crippen molar-refractivity contribution in [2.45, 2.75) is 18.9 Å². The molecule has 0 saturated carbocycles. The maximum absolute atomic E-state index is 6.16. The molecular weight excluding hydrogens is 264 g/mol. The Morgan fingerprint density at radius 3 is 3.00 bits per heavy atom. The van der Waals surface area contributed by atoms with Crippen LogP contribution in [-0.4, -0.2) is 49.8 Å². The molecule has 4 heteroatoms. The van der Waals surface area contributed by atoms with Gasteiger partial charge in [-0.15, -0.1) is 0 Å². The normalized spacial score (nSPS) is 18.5. The van der Waals surface area contributed by atoms with Gasteiger partial charge in [0.25, 0.3) is 0 Å². The maximum atomic E-state index is 6.16. The van der Waals surface area contributed by atoms with Crippen molar-refractivity contribution in [3.63, 3.8) is 0 Å². The van der Waals surface area contributed by atoms with E-state index in [2.05, 4.69) is 30.0 Å². The lowest BCUT2D eigenvalue weighted by atomic mass is 10.1. The minimum Gasteiger partial charge on any atom is -0.487 e. The minimum absolute atomic E-state index is 0.164. The Morgan fingerprint density at radius 2 is 2.24 bits per heavy atom. The molecular formula is C17H22N2O2. The molecule has 1 aliphatic heterocycles. The second-order valence-electron chi connectivity index (χ2n) is 5.78. The highest BCUT2D eigenvalue weighted by atomic mass is 16.5. The molecule has 0 aliphatic carbocycles. The molecule has 2 heterocycles. The van der Waals surface area contributed by atoms with E-state index in [1.807, 2.05) is 24.4 Å². The lowest BCUT2D eigenvalue weighted by molar-refractivity contribution is 0.142. The van der Waals surface area contributed by atoms with Crippen LogP contribution in [0.25, 0.3) is 10.9 Å². The molecule has 2 aromatic rings. The quantitative estimate of drug-likeness (QED) is 0.846. The van der Waals surface area contributed by atoms with E-state index < -0.39 is 0 Å². The molecule has 1 aromatic heterocycles. The average molecular weight is 286 g/mol. The smallest absolute Gasteiger partial charge is 0.129 e. The first-order valence-corrected chi connectivity index (χ1v) is 7.50. The van der Waals surface area contributed by atoms with Crippen molar-refractivity contribution in [2.24, 2.45) is 0 Å². The van der Waals surface area contributed by atoms with E-state index in [0.717, 1.165) is 42.6 Å². The van der Waals surface area contributed by atoms with Crippen molar-refractivity contribution >= 4 is 10.9 Å². The second-order valence-corrected chi connectivity index (χ2v) is 5.78. The molecule has 0 unspecified atom stereocenters. The Bertz CT molecular complexity index is 602. The Kier molecular flexibility index (Phi) is 4.36. The molecule has 0 spiro atoms. The molecule has 1 fully saturated rings. The molecule has 1 aromatic carbocycles. The van der Waals surface area contributed by atoms with Gasteiger partial charge < -0.3 is 14.4 Å². The molecule has 0 bridgehead atoms. The van der Waals surface area contributed by atoms with Crippen LogP contribution in [0.3, 0.4) is 0 Å². The van der Waals surface area contributed by atoms with Crippen LogP contribution in [0.2, 0.25) is 0 Å². The van der Waals surface area contributed by atoms with Crippen LogP contribution in [0.1, 0.15) is 12.0 Å². The number of pyridine rings is 1. The monoisotopic (exact) mass is 286 g/mol. The molecule has 1 saturated heterocycles. The van der Waals surface area contributed by atoms with E-state index in [-0.39, 0.29) is 6.10 Å². The van der Waals surface area contributed by atoms with Gasteiger partial charge >= 0.3 is 0 Å². The average Bonchev–Trinajstić information content (AvgIpc) is 2.98. The summed E-state index contributed by atoms with van der Waals surface area (Å²) < 4.78 is 11.6. The Labute approximate surface area is 125 Å². The van der Waals surface area contributed by atoms with E-state index >= 15 is 0 Å². The van der Waals surface area contributed by atoms with Crippen molar-refractivity contribution in [3.05, 3.63) is 36.0 Å². The Balaban J connectivity index is 1.94. The van der Waals surface area contributed by atoms with Crippen LogP contribution in [-0.2, 0) is 11.2 Å². The fraction of sp³-hybridized carbons (Fsp3) is 0.471. The van der Waals surface area contributed by atoms with Gasteiger partial charge in [-0.05, 0) is 44.3 Å². The lowest BCUT2D eigenvalue weighted by Crippen LogP contribution is -2.17. The molecule has 21 heavy (non-hydrogen) atoms. The summed E-state index contributed by atoms with van der Waals surface area (Å²) in [6.07, 6.45) is 4.00. The third kappa shape index (κ3) is 3.34. The molecule has 1 aliphatic rings. The van der Waals surface area contributed by atoms with Crippen LogP contribution >= 0.6 is 0 Å². The van der Waals surface area contributed by atoms with Crippen LogP contribution < -0.4 is 4.74 Å². The van der Waals surface area contributed by atoms with Gasteiger partial charge in [0.1, 0.15) is 11.9 Å². The number of hydrogen-bond donors (Lipinski definition) is 0. The van der Waals surface area contributed by atoms with E-state index in [1.54, 1.807) is 0 Å². The topological polar surface area (TPSA) is 34.6 Å². The molecule has 4 nitrogen and oxygen atoms in total. The fourth-order valence-corrected chi connectivity index (χ4v) is 2.68. The van der Waals surface area contributed by atoms with Crippen molar-refractivity contribution in [1.82, 2.24) is 9.88 Å². The summed E-state index contributed by atoms with van der Waals surface area (Å²) in [5, 5.41) is 1.15. The van der Waals surface area contributed by atoms with Crippen molar-refractivity contribution in [3.8, 4) is 5.75 Å². The summed E-state index contributed by atoms with van der Waals surface area (Å²) in [5.74, 6) is 0.935. The summed E-state index contributed by atoms with van der Waals surface area (Å²) in [6, 6.07) is 8.20. The predicted molar refractivity (Wildman–Crippen MR) is 83.9 cm³/mol. The first-order valence-electron chi connectivity index (χ1n) is 7.50. The van der Waals surface area contributed by atoms with Gasteiger partial charge in [0.05, 0.1) is 18.7 Å².